The van der Waals surface area contributed by atoms with E-state index in [1.807, 2.05) is 20.8 Å². The Hall–Kier alpha value is -1.56. The molecule has 6 heteroatoms. The minimum absolute atomic E-state index is 0.00713. The fraction of sp³-hybridized carbons (Fsp3) is 0.750. The third-order valence-corrected chi connectivity index (χ3v) is 2.31. The molecule has 128 valence electrons. The largest absolute Gasteiger partial charge is 0.511 e. The number of carbonyl (C=O) groups is 2. The fourth-order valence-electron chi connectivity index (χ4n) is 1.99. The van der Waals surface area contributed by atoms with Crippen LogP contribution in [-0.2, 0) is 24.0 Å². The normalized spacial score (nSPS) is 12.5. The maximum Gasteiger partial charge on any atom is 0.511 e. The van der Waals surface area contributed by atoms with Gasteiger partial charge in [-0.15, -0.1) is 4.89 Å². The van der Waals surface area contributed by atoms with E-state index in [4.69, 9.17) is 14.4 Å². The van der Waals surface area contributed by atoms with Crippen LogP contribution in [-0.4, -0.2) is 23.5 Å². The molecule has 0 aliphatic rings. The lowest BCUT2D eigenvalue weighted by atomic mass is 9.84. The summed E-state index contributed by atoms with van der Waals surface area (Å²) >= 11 is 0. The molecule has 0 saturated heterocycles. The summed E-state index contributed by atoms with van der Waals surface area (Å²) in [5.41, 5.74) is -0.531. The van der Waals surface area contributed by atoms with Gasteiger partial charge in [-0.1, -0.05) is 27.4 Å². The summed E-state index contributed by atoms with van der Waals surface area (Å²) in [5.74, 6) is -2.21. The van der Waals surface area contributed by atoms with Crippen LogP contribution in [0.1, 0.15) is 61.8 Å². The molecule has 0 unspecified atom stereocenters. The maximum absolute atomic E-state index is 11.9. The monoisotopic (exact) mass is 316 g/mol. The van der Waals surface area contributed by atoms with E-state index in [0.717, 1.165) is 0 Å². The number of rotatable bonds is 6. The van der Waals surface area contributed by atoms with Crippen LogP contribution in [0, 0.1) is 5.41 Å². The summed E-state index contributed by atoms with van der Waals surface area (Å²) in [6, 6.07) is 0. The van der Waals surface area contributed by atoms with Gasteiger partial charge in [-0.3, -0.25) is 4.89 Å². The molecule has 22 heavy (non-hydrogen) atoms. The minimum Gasteiger partial charge on any atom is -0.428 e. The molecule has 0 aromatic rings. The van der Waals surface area contributed by atoms with E-state index in [9.17, 15) is 9.59 Å². The first-order valence-corrected chi connectivity index (χ1v) is 7.11. The van der Waals surface area contributed by atoms with Gasteiger partial charge in [0.25, 0.3) is 5.79 Å². The molecule has 0 aromatic carbocycles. The highest BCUT2D eigenvalue weighted by molar-refractivity contribution is 5.86. The third-order valence-electron chi connectivity index (χ3n) is 2.31. The summed E-state index contributed by atoms with van der Waals surface area (Å²) in [6.07, 6.45) is -0.244. The van der Waals surface area contributed by atoms with Crippen molar-refractivity contribution in [2.24, 2.45) is 5.41 Å². The molecule has 0 heterocycles. The second-order valence-electron chi connectivity index (χ2n) is 7.59. The van der Waals surface area contributed by atoms with E-state index in [-0.39, 0.29) is 11.0 Å². The molecule has 0 radical (unpaired) electrons. The average Bonchev–Trinajstić information content (AvgIpc) is 2.19. The molecule has 0 aliphatic carbocycles. The smallest absolute Gasteiger partial charge is 0.428 e. The molecule has 0 fully saturated rings. The Balaban J connectivity index is 4.51. The molecule has 0 amide bonds. The minimum atomic E-state index is -1.47. The zero-order chi connectivity index (χ0) is 17.8. The number of ether oxygens (including phenoxy) is 2. The molecule has 0 aromatic heterocycles. The van der Waals surface area contributed by atoms with Crippen molar-refractivity contribution in [3.8, 4) is 0 Å². The van der Waals surface area contributed by atoms with Crippen LogP contribution in [0.25, 0.3) is 0 Å². The molecular formula is C16H28O6. The van der Waals surface area contributed by atoms with Crippen LogP contribution >= 0.6 is 0 Å². The highest BCUT2D eigenvalue weighted by atomic mass is 17.2. The first-order chi connectivity index (χ1) is 9.64. The van der Waals surface area contributed by atoms with Gasteiger partial charge < -0.3 is 9.47 Å². The van der Waals surface area contributed by atoms with E-state index >= 15 is 0 Å². The van der Waals surface area contributed by atoms with Crippen LogP contribution in [0.3, 0.4) is 0 Å². The number of carbonyl (C=O) groups excluding carboxylic acids is 2. The van der Waals surface area contributed by atoms with Gasteiger partial charge in [0.1, 0.15) is 5.60 Å². The van der Waals surface area contributed by atoms with Gasteiger partial charge in [0, 0.05) is 19.4 Å². The van der Waals surface area contributed by atoms with Gasteiger partial charge in [0.2, 0.25) is 0 Å². The van der Waals surface area contributed by atoms with Gasteiger partial charge in [0.05, 0.1) is 0 Å². The summed E-state index contributed by atoms with van der Waals surface area (Å²) < 4.78 is 10.3. The molecule has 0 atom stereocenters. The Morgan fingerprint density at radius 2 is 1.45 bits per heavy atom. The van der Waals surface area contributed by atoms with Crippen molar-refractivity contribution < 1.29 is 28.8 Å². The molecule has 0 aliphatic heterocycles. The van der Waals surface area contributed by atoms with Gasteiger partial charge in [-0.25, -0.2) is 9.59 Å². The van der Waals surface area contributed by atoms with E-state index in [0.29, 0.717) is 6.42 Å². The molecular weight excluding hydrogens is 288 g/mol. The van der Waals surface area contributed by atoms with Crippen molar-refractivity contribution in [2.45, 2.75) is 73.2 Å². The Labute approximate surface area is 132 Å². The summed E-state index contributed by atoms with van der Waals surface area (Å²) in [5, 5.41) is 0. The number of hydrogen-bond donors (Lipinski definition) is 0. The van der Waals surface area contributed by atoms with Crippen LogP contribution < -0.4 is 0 Å². The van der Waals surface area contributed by atoms with Gasteiger partial charge >= 0.3 is 12.1 Å². The first-order valence-electron chi connectivity index (χ1n) is 7.11. The molecule has 6 nitrogen and oxygen atoms in total. The molecule has 0 rings (SSSR count). The highest BCUT2D eigenvalue weighted by Crippen LogP contribution is 2.30. The molecule has 0 saturated carbocycles. The van der Waals surface area contributed by atoms with Crippen molar-refractivity contribution in [2.75, 3.05) is 0 Å². The fourth-order valence-corrected chi connectivity index (χ4v) is 1.99. The Bertz CT molecular complexity index is 428. The maximum atomic E-state index is 11.9. The van der Waals surface area contributed by atoms with Gasteiger partial charge in [-0.2, -0.15) is 0 Å². The highest BCUT2D eigenvalue weighted by Gasteiger charge is 2.34. The zero-order valence-electron chi connectivity index (χ0n) is 14.9. The van der Waals surface area contributed by atoms with E-state index in [1.165, 1.54) is 20.8 Å². The second kappa shape index (κ2) is 7.13. The average molecular weight is 316 g/mol. The third kappa shape index (κ3) is 9.39. The van der Waals surface area contributed by atoms with E-state index in [2.05, 4.69) is 11.5 Å². The SMILES string of the molecule is C=C(C)C(=O)OOC(C)(C)OC(=O)OC(C)(C)CC(C)(C)C. The summed E-state index contributed by atoms with van der Waals surface area (Å²) in [6.45, 7) is 17.5. The summed E-state index contributed by atoms with van der Waals surface area (Å²) in [4.78, 5) is 32.4. The van der Waals surface area contributed by atoms with Crippen LogP contribution in [0.2, 0.25) is 0 Å². The Morgan fingerprint density at radius 3 is 1.86 bits per heavy atom. The second-order valence-corrected chi connectivity index (χ2v) is 7.59. The van der Waals surface area contributed by atoms with Crippen molar-refractivity contribution in [1.82, 2.24) is 0 Å². The Morgan fingerprint density at radius 1 is 0.955 bits per heavy atom. The Kier molecular flexibility index (Phi) is 6.63. The summed E-state index contributed by atoms with van der Waals surface area (Å²) in [7, 11) is 0. The standard InChI is InChI=1S/C16H28O6/c1-11(2)12(17)21-22-16(8,9)20-13(18)19-15(6,7)10-14(3,4)5/h1,10H2,2-9H3. The van der Waals surface area contributed by atoms with Crippen molar-refractivity contribution >= 4 is 12.1 Å². The van der Waals surface area contributed by atoms with E-state index < -0.39 is 23.5 Å². The lowest BCUT2D eigenvalue weighted by Crippen LogP contribution is -2.38. The van der Waals surface area contributed by atoms with Crippen molar-refractivity contribution in [3.63, 3.8) is 0 Å². The zero-order valence-corrected chi connectivity index (χ0v) is 14.9. The predicted molar refractivity (Wildman–Crippen MR) is 81.8 cm³/mol. The van der Waals surface area contributed by atoms with Crippen LogP contribution in [0.15, 0.2) is 12.2 Å². The van der Waals surface area contributed by atoms with Crippen molar-refractivity contribution in [3.05, 3.63) is 12.2 Å². The van der Waals surface area contributed by atoms with Gasteiger partial charge in [-0.05, 0) is 32.6 Å². The quantitative estimate of drug-likeness (QED) is 0.241. The lowest BCUT2D eigenvalue weighted by Gasteiger charge is -2.32. The number of hydrogen-bond acceptors (Lipinski definition) is 6. The first kappa shape index (κ1) is 20.4. The van der Waals surface area contributed by atoms with Crippen molar-refractivity contribution in [1.29, 1.82) is 0 Å². The van der Waals surface area contributed by atoms with Crippen LogP contribution in [0.4, 0.5) is 4.79 Å². The molecule has 0 bridgehead atoms. The molecule has 0 spiro atoms. The van der Waals surface area contributed by atoms with Gasteiger partial charge in [0.15, 0.2) is 0 Å². The topological polar surface area (TPSA) is 71.1 Å². The van der Waals surface area contributed by atoms with E-state index in [1.54, 1.807) is 13.8 Å². The predicted octanol–water partition coefficient (Wildman–Crippen LogP) is 4.14. The molecule has 0 N–H and O–H groups in total. The van der Waals surface area contributed by atoms with Crippen LogP contribution in [0.5, 0.6) is 0 Å². The lowest BCUT2D eigenvalue weighted by molar-refractivity contribution is -0.379.